The van der Waals surface area contributed by atoms with Gasteiger partial charge in [0.2, 0.25) is 0 Å². The lowest BCUT2D eigenvalue weighted by Gasteiger charge is -2.10. The van der Waals surface area contributed by atoms with Gasteiger partial charge < -0.3 is 0 Å². The van der Waals surface area contributed by atoms with Crippen molar-refractivity contribution in [1.82, 2.24) is 14.5 Å². The highest BCUT2D eigenvalue weighted by Crippen LogP contribution is 2.32. The van der Waals surface area contributed by atoms with Crippen molar-refractivity contribution in [2.45, 2.75) is 20.0 Å². The van der Waals surface area contributed by atoms with E-state index in [2.05, 4.69) is 9.97 Å². The number of rotatable bonds is 2. The number of carbonyl (C=O) groups excluding carboxylic acids is 1. The van der Waals surface area contributed by atoms with Crippen molar-refractivity contribution in [2.75, 3.05) is 0 Å². The molecule has 0 aliphatic rings. The molecule has 8 heteroatoms. The van der Waals surface area contributed by atoms with E-state index in [9.17, 15) is 18.0 Å². The molecule has 0 bridgehead atoms. The fourth-order valence-electron chi connectivity index (χ4n) is 1.62. The molecule has 0 aliphatic heterocycles. The minimum atomic E-state index is -4.51. The predicted octanol–water partition coefficient (Wildman–Crippen LogP) is 3.45. The number of Topliss-reactive ketones (excluding diaryl/α,β-unsaturated/α-hetero) is 1. The molecular formula is C12H9ClF3N3O. The SMILES string of the molecule is CC(=O)c1cn(-c2ncc(C(F)(F)F)cc2Cl)c(C)n1. The van der Waals surface area contributed by atoms with Gasteiger partial charge in [0.25, 0.3) is 0 Å². The van der Waals surface area contributed by atoms with Gasteiger partial charge in [-0.3, -0.25) is 9.36 Å². The van der Waals surface area contributed by atoms with Crippen molar-refractivity contribution in [2.24, 2.45) is 0 Å². The molecule has 0 radical (unpaired) electrons. The summed E-state index contributed by atoms with van der Waals surface area (Å²) in [6.07, 6.45) is -2.43. The van der Waals surface area contributed by atoms with Gasteiger partial charge in [-0.2, -0.15) is 13.2 Å². The van der Waals surface area contributed by atoms with Crippen molar-refractivity contribution in [3.8, 4) is 5.82 Å². The van der Waals surface area contributed by atoms with Crippen molar-refractivity contribution < 1.29 is 18.0 Å². The van der Waals surface area contributed by atoms with Crippen LogP contribution >= 0.6 is 11.6 Å². The van der Waals surface area contributed by atoms with Gasteiger partial charge in [-0.25, -0.2) is 9.97 Å². The van der Waals surface area contributed by atoms with Crippen LogP contribution in [-0.4, -0.2) is 20.3 Å². The largest absolute Gasteiger partial charge is 0.417 e. The van der Waals surface area contributed by atoms with Gasteiger partial charge >= 0.3 is 6.18 Å². The lowest BCUT2D eigenvalue weighted by molar-refractivity contribution is -0.137. The molecule has 0 spiro atoms. The van der Waals surface area contributed by atoms with Crippen LogP contribution in [-0.2, 0) is 6.18 Å². The third-order valence-electron chi connectivity index (χ3n) is 2.62. The summed E-state index contributed by atoms with van der Waals surface area (Å²) in [5.74, 6) is 0.247. The maximum Gasteiger partial charge on any atom is 0.417 e. The van der Waals surface area contributed by atoms with Crippen molar-refractivity contribution in [3.05, 3.63) is 40.6 Å². The van der Waals surface area contributed by atoms with Crippen molar-refractivity contribution >= 4 is 17.4 Å². The zero-order valence-corrected chi connectivity index (χ0v) is 11.2. The molecule has 0 amide bonds. The summed E-state index contributed by atoms with van der Waals surface area (Å²) < 4.78 is 39.0. The van der Waals surface area contributed by atoms with Crippen LogP contribution < -0.4 is 0 Å². The fraction of sp³-hybridized carbons (Fsp3) is 0.250. The quantitative estimate of drug-likeness (QED) is 0.798. The number of nitrogens with zero attached hydrogens (tertiary/aromatic N) is 3. The van der Waals surface area contributed by atoms with Crippen LogP contribution in [0.5, 0.6) is 0 Å². The Balaban J connectivity index is 2.51. The van der Waals surface area contributed by atoms with E-state index in [1.54, 1.807) is 6.92 Å². The van der Waals surface area contributed by atoms with Gasteiger partial charge in [0.1, 0.15) is 11.5 Å². The summed E-state index contributed by atoms with van der Waals surface area (Å²) >= 11 is 5.83. The molecule has 4 nitrogen and oxygen atoms in total. The molecule has 2 heterocycles. The van der Waals surface area contributed by atoms with E-state index in [0.717, 1.165) is 6.07 Å². The molecule has 0 aromatic carbocycles. The van der Waals surface area contributed by atoms with Crippen molar-refractivity contribution in [1.29, 1.82) is 0 Å². The van der Waals surface area contributed by atoms with Crippen LogP contribution in [0.1, 0.15) is 28.8 Å². The molecular weight excluding hydrogens is 295 g/mol. The van der Waals surface area contributed by atoms with E-state index in [4.69, 9.17) is 11.6 Å². The van der Waals surface area contributed by atoms with Gasteiger partial charge in [0.15, 0.2) is 11.6 Å². The first-order chi connectivity index (χ1) is 9.20. The Morgan fingerprint density at radius 1 is 1.40 bits per heavy atom. The van der Waals surface area contributed by atoms with Crippen molar-refractivity contribution in [3.63, 3.8) is 0 Å². The lowest BCUT2D eigenvalue weighted by atomic mass is 10.2. The topological polar surface area (TPSA) is 47.8 Å². The van der Waals surface area contributed by atoms with Gasteiger partial charge in [-0.05, 0) is 13.0 Å². The number of alkyl halides is 3. The van der Waals surface area contributed by atoms with E-state index in [0.29, 0.717) is 12.0 Å². The number of ketones is 1. The standard InChI is InChI=1S/C12H9ClF3N3O/c1-6(20)10-5-19(7(2)18-10)11-9(13)3-8(4-17-11)12(14,15)16/h3-5H,1-2H3. The summed E-state index contributed by atoms with van der Waals surface area (Å²) in [6.45, 7) is 2.94. The van der Waals surface area contributed by atoms with E-state index in [1.807, 2.05) is 0 Å². The lowest BCUT2D eigenvalue weighted by Crippen LogP contribution is -2.08. The highest BCUT2D eigenvalue weighted by molar-refractivity contribution is 6.32. The monoisotopic (exact) mass is 303 g/mol. The average Bonchev–Trinajstić information content (AvgIpc) is 2.70. The molecule has 0 saturated carbocycles. The van der Waals surface area contributed by atoms with E-state index >= 15 is 0 Å². The smallest absolute Gasteiger partial charge is 0.293 e. The zero-order valence-electron chi connectivity index (χ0n) is 10.5. The second-order valence-corrected chi connectivity index (χ2v) is 4.53. The third-order valence-corrected chi connectivity index (χ3v) is 2.90. The number of aromatic nitrogens is 3. The first-order valence-electron chi connectivity index (χ1n) is 5.50. The summed E-state index contributed by atoms with van der Waals surface area (Å²) in [5, 5.41) is -0.171. The molecule has 0 unspecified atom stereocenters. The maximum atomic E-state index is 12.5. The Kier molecular flexibility index (Phi) is 3.56. The molecule has 0 saturated heterocycles. The van der Waals surface area contributed by atoms with Crippen LogP contribution in [0.25, 0.3) is 5.82 Å². The van der Waals surface area contributed by atoms with E-state index in [1.165, 1.54) is 17.7 Å². The molecule has 0 N–H and O–H groups in total. The number of carbonyl (C=O) groups is 1. The van der Waals surface area contributed by atoms with Crippen LogP contribution in [0.4, 0.5) is 13.2 Å². The molecule has 2 aromatic heterocycles. The number of hydrogen-bond acceptors (Lipinski definition) is 3. The maximum absolute atomic E-state index is 12.5. The number of aryl methyl sites for hydroxylation is 1. The number of halogens is 4. The molecule has 0 aliphatic carbocycles. The van der Waals surface area contributed by atoms with Gasteiger partial charge in [0.05, 0.1) is 10.6 Å². The summed E-state index contributed by atoms with van der Waals surface area (Å²) in [5.41, 5.74) is -0.740. The number of pyridine rings is 1. The highest BCUT2D eigenvalue weighted by Gasteiger charge is 2.31. The Morgan fingerprint density at radius 2 is 2.05 bits per heavy atom. The minimum absolute atomic E-state index is 0.0946. The molecule has 0 atom stereocenters. The Morgan fingerprint density at radius 3 is 2.50 bits per heavy atom. The molecule has 106 valence electrons. The molecule has 2 aromatic rings. The number of imidazole rings is 1. The Bertz CT molecular complexity index is 679. The number of hydrogen-bond donors (Lipinski definition) is 0. The van der Waals surface area contributed by atoms with Crippen LogP contribution in [0, 0.1) is 6.92 Å². The van der Waals surface area contributed by atoms with Crippen LogP contribution in [0.15, 0.2) is 18.5 Å². The van der Waals surface area contributed by atoms with E-state index in [-0.39, 0.29) is 22.3 Å². The summed E-state index contributed by atoms with van der Waals surface area (Å²) in [6, 6.07) is 0.788. The first kappa shape index (κ1) is 14.5. The first-order valence-corrected chi connectivity index (χ1v) is 5.88. The minimum Gasteiger partial charge on any atom is -0.293 e. The Hall–Kier alpha value is -1.89. The zero-order chi connectivity index (χ0) is 15.1. The normalized spacial score (nSPS) is 11.7. The molecule has 20 heavy (non-hydrogen) atoms. The van der Waals surface area contributed by atoms with Gasteiger partial charge in [0, 0.05) is 19.3 Å². The second kappa shape index (κ2) is 4.90. The molecule has 0 fully saturated rings. The van der Waals surface area contributed by atoms with Crippen LogP contribution in [0.2, 0.25) is 5.02 Å². The summed E-state index contributed by atoms with van der Waals surface area (Å²) in [4.78, 5) is 18.9. The van der Waals surface area contributed by atoms with E-state index < -0.39 is 11.7 Å². The fourth-order valence-corrected chi connectivity index (χ4v) is 1.88. The Labute approximate surface area is 117 Å². The average molecular weight is 304 g/mol. The van der Waals surface area contributed by atoms with Gasteiger partial charge in [-0.15, -0.1) is 0 Å². The second-order valence-electron chi connectivity index (χ2n) is 4.13. The van der Waals surface area contributed by atoms with Gasteiger partial charge in [-0.1, -0.05) is 11.6 Å². The predicted molar refractivity (Wildman–Crippen MR) is 66.1 cm³/mol. The molecule has 2 rings (SSSR count). The summed E-state index contributed by atoms with van der Waals surface area (Å²) in [7, 11) is 0. The van der Waals surface area contributed by atoms with Crippen LogP contribution in [0.3, 0.4) is 0 Å². The third kappa shape index (κ3) is 2.67. The highest BCUT2D eigenvalue weighted by atomic mass is 35.5.